The van der Waals surface area contributed by atoms with Crippen LogP contribution in [0, 0.1) is 10.1 Å². The van der Waals surface area contributed by atoms with Gasteiger partial charge in [-0.2, -0.15) is 0 Å². The number of rotatable bonds is 4. The molecule has 0 radical (unpaired) electrons. The lowest BCUT2D eigenvalue weighted by Crippen LogP contribution is -2.07. The number of carboxylic acid groups (broad SMARTS) is 1. The first-order valence-electron chi connectivity index (χ1n) is 5.44. The number of aromatic carboxylic acids is 1. The minimum absolute atomic E-state index is 0.0249. The SMILES string of the molecule is CCc1cc(C(=O)O)cc(-n2nc([N+](=O)[O-])nc2Br)n1. The Bertz CT molecular complexity index is 699. The number of aryl methyl sites for hydroxylation is 1. The van der Waals surface area contributed by atoms with E-state index in [-0.39, 0.29) is 16.1 Å². The van der Waals surface area contributed by atoms with Crippen LogP contribution in [0.5, 0.6) is 0 Å². The number of carbonyl (C=O) groups is 1. The summed E-state index contributed by atoms with van der Waals surface area (Å²) in [4.78, 5) is 28.7. The van der Waals surface area contributed by atoms with Crippen molar-refractivity contribution in [2.75, 3.05) is 0 Å². The summed E-state index contributed by atoms with van der Waals surface area (Å²) in [6.45, 7) is 1.82. The van der Waals surface area contributed by atoms with Crippen LogP contribution in [0.25, 0.3) is 5.82 Å². The maximum atomic E-state index is 11.1. The fraction of sp³-hybridized carbons (Fsp3) is 0.200. The molecule has 0 saturated carbocycles. The first-order chi connectivity index (χ1) is 9.42. The second-order valence-corrected chi connectivity index (χ2v) is 4.42. The van der Waals surface area contributed by atoms with Crippen molar-refractivity contribution in [2.24, 2.45) is 0 Å². The van der Waals surface area contributed by atoms with E-state index in [2.05, 4.69) is 31.0 Å². The molecule has 0 saturated heterocycles. The van der Waals surface area contributed by atoms with Crippen LogP contribution in [-0.2, 0) is 6.42 Å². The molecule has 10 heteroatoms. The largest absolute Gasteiger partial charge is 0.492 e. The van der Waals surface area contributed by atoms with Crippen molar-refractivity contribution >= 4 is 27.8 Å². The molecule has 0 aromatic carbocycles. The zero-order valence-corrected chi connectivity index (χ0v) is 11.7. The maximum absolute atomic E-state index is 11.1. The zero-order chi connectivity index (χ0) is 14.9. The predicted molar refractivity (Wildman–Crippen MR) is 69.8 cm³/mol. The molecule has 9 nitrogen and oxygen atoms in total. The Morgan fingerprint density at radius 2 is 2.20 bits per heavy atom. The molecule has 104 valence electrons. The highest BCUT2D eigenvalue weighted by molar-refractivity contribution is 9.10. The van der Waals surface area contributed by atoms with Gasteiger partial charge in [-0.15, -0.1) is 4.68 Å². The Morgan fingerprint density at radius 3 is 2.70 bits per heavy atom. The highest BCUT2D eigenvalue weighted by Gasteiger charge is 2.22. The van der Waals surface area contributed by atoms with Crippen molar-refractivity contribution in [3.63, 3.8) is 0 Å². The third-order valence-corrected chi connectivity index (χ3v) is 2.92. The van der Waals surface area contributed by atoms with E-state index in [1.807, 2.05) is 6.92 Å². The number of hydrogen-bond donors (Lipinski definition) is 1. The van der Waals surface area contributed by atoms with Gasteiger partial charge in [0.25, 0.3) is 4.73 Å². The Kier molecular flexibility index (Phi) is 3.74. The molecule has 2 rings (SSSR count). The topological polar surface area (TPSA) is 124 Å². The second-order valence-electron chi connectivity index (χ2n) is 3.71. The van der Waals surface area contributed by atoms with Crippen molar-refractivity contribution in [1.82, 2.24) is 19.7 Å². The van der Waals surface area contributed by atoms with Crippen LogP contribution in [0.15, 0.2) is 16.9 Å². The Balaban J connectivity index is 2.59. The summed E-state index contributed by atoms with van der Waals surface area (Å²) in [5, 5.41) is 23.3. The lowest BCUT2D eigenvalue weighted by molar-refractivity contribution is -0.394. The van der Waals surface area contributed by atoms with Crippen LogP contribution in [-0.4, -0.2) is 35.7 Å². The Hall–Kier alpha value is -2.36. The number of carboxylic acids is 1. The second kappa shape index (κ2) is 5.33. The number of aromatic nitrogens is 4. The average molecular weight is 342 g/mol. The predicted octanol–water partition coefficient (Wildman–Crippen LogP) is 1.59. The van der Waals surface area contributed by atoms with Crippen LogP contribution in [0.3, 0.4) is 0 Å². The fourth-order valence-corrected chi connectivity index (χ4v) is 1.91. The van der Waals surface area contributed by atoms with Crippen molar-refractivity contribution in [3.05, 3.63) is 38.2 Å². The molecule has 2 aromatic rings. The van der Waals surface area contributed by atoms with E-state index in [1.54, 1.807) is 0 Å². The average Bonchev–Trinajstić information content (AvgIpc) is 2.80. The number of hydrogen-bond acceptors (Lipinski definition) is 6. The van der Waals surface area contributed by atoms with E-state index < -0.39 is 16.8 Å². The molecule has 20 heavy (non-hydrogen) atoms. The van der Waals surface area contributed by atoms with Crippen LogP contribution in [0.2, 0.25) is 0 Å². The van der Waals surface area contributed by atoms with Gasteiger partial charge in [0.2, 0.25) is 0 Å². The van der Waals surface area contributed by atoms with Gasteiger partial charge in [0.15, 0.2) is 5.82 Å². The zero-order valence-electron chi connectivity index (χ0n) is 10.1. The molecule has 0 atom stereocenters. The molecule has 0 aliphatic carbocycles. The molecule has 0 aliphatic heterocycles. The minimum atomic E-state index is -1.12. The van der Waals surface area contributed by atoms with Crippen molar-refractivity contribution in [3.8, 4) is 5.82 Å². The first kappa shape index (κ1) is 14.1. The van der Waals surface area contributed by atoms with Gasteiger partial charge in [-0.1, -0.05) is 6.92 Å². The van der Waals surface area contributed by atoms with Crippen LogP contribution in [0.1, 0.15) is 23.0 Å². The van der Waals surface area contributed by atoms with E-state index in [9.17, 15) is 14.9 Å². The number of nitro groups is 1. The van der Waals surface area contributed by atoms with Gasteiger partial charge in [0.1, 0.15) is 0 Å². The Morgan fingerprint density at radius 1 is 1.50 bits per heavy atom. The summed E-state index contributed by atoms with van der Waals surface area (Å²) in [5.41, 5.74) is 0.557. The molecule has 1 N–H and O–H groups in total. The third kappa shape index (κ3) is 2.64. The third-order valence-electron chi connectivity index (χ3n) is 2.41. The summed E-state index contributed by atoms with van der Waals surface area (Å²) in [6.07, 6.45) is 0.516. The quantitative estimate of drug-likeness (QED) is 0.661. The number of halogens is 1. The molecule has 0 unspecified atom stereocenters. The van der Waals surface area contributed by atoms with Gasteiger partial charge in [0.05, 0.1) is 5.56 Å². The number of pyridine rings is 1. The molecule has 2 aromatic heterocycles. The van der Waals surface area contributed by atoms with E-state index in [0.29, 0.717) is 12.1 Å². The van der Waals surface area contributed by atoms with E-state index in [1.165, 1.54) is 12.1 Å². The Labute approximate surface area is 120 Å². The maximum Gasteiger partial charge on any atom is 0.492 e. The van der Waals surface area contributed by atoms with Crippen LogP contribution < -0.4 is 0 Å². The summed E-state index contributed by atoms with van der Waals surface area (Å²) in [7, 11) is 0. The summed E-state index contributed by atoms with van der Waals surface area (Å²) >= 11 is 3.03. The highest BCUT2D eigenvalue weighted by atomic mass is 79.9. The minimum Gasteiger partial charge on any atom is -0.478 e. The molecule has 0 amide bonds. The van der Waals surface area contributed by atoms with E-state index in [4.69, 9.17) is 5.11 Å². The van der Waals surface area contributed by atoms with Gasteiger partial charge in [-0.25, -0.2) is 9.78 Å². The smallest absolute Gasteiger partial charge is 0.478 e. The van der Waals surface area contributed by atoms with Gasteiger partial charge >= 0.3 is 11.9 Å². The van der Waals surface area contributed by atoms with Crippen LogP contribution >= 0.6 is 15.9 Å². The van der Waals surface area contributed by atoms with Crippen molar-refractivity contribution in [1.29, 1.82) is 0 Å². The van der Waals surface area contributed by atoms with Crippen molar-refractivity contribution in [2.45, 2.75) is 13.3 Å². The molecule has 0 spiro atoms. The summed E-state index contributed by atoms with van der Waals surface area (Å²) < 4.78 is 1.14. The van der Waals surface area contributed by atoms with Gasteiger partial charge < -0.3 is 15.2 Å². The lowest BCUT2D eigenvalue weighted by Gasteiger charge is -2.03. The van der Waals surface area contributed by atoms with Crippen molar-refractivity contribution < 1.29 is 14.8 Å². The van der Waals surface area contributed by atoms with Gasteiger partial charge in [-0.05, 0) is 28.5 Å². The molecule has 0 aliphatic rings. The molecule has 0 bridgehead atoms. The fourth-order valence-electron chi connectivity index (χ4n) is 1.49. The lowest BCUT2D eigenvalue weighted by atomic mass is 10.2. The van der Waals surface area contributed by atoms with Crippen LogP contribution in [0.4, 0.5) is 5.95 Å². The normalized spacial score (nSPS) is 10.5. The number of nitrogens with zero attached hydrogens (tertiary/aromatic N) is 5. The monoisotopic (exact) mass is 341 g/mol. The first-order valence-corrected chi connectivity index (χ1v) is 6.23. The highest BCUT2D eigenvalue weighted by Crippen LogP contribution is 2.18. The van der Waals surface area contributed by atoms with Gasteiger partial charge in [-0.3, -0.25) is 0 Å². The standard InChI is InChI=1S/C10H8BrN5O4/c1-2-6-3-5(8(17)18)4-7(12-6)15-9(11)13-10(14-15)16(19)20/h3-4H,2H2,1H3,(H,17,18). The van der Waals surface area contributed by atoms with E-state index >= 15 is 0 Å². The van der Waals surface area contributed by atoms with E-state index in [0.717, 1.165) is 4.68 Å². The molecular weight excluding hydrogens is 334 g/mol. The molecule has 0 fully saturated rings. The summed E-state index contributed by atoms with van der Waals surface area (Å²) in [6, 6.07) is 2.70. The molecule has 2 heterocycles. The van der Waals surface area contributed by atoms with Gasteiger partial charge in [0, 0.05) is 26.7 Å². The molecular formula is C10H8BrN5O4. The summed E-state index contributed by atoms with van der Waals surface area (Å²) in [5.74, 6) is -1.57.